The first-order valence-corrected chi connectivity index (χ1v) is 10.6. The lowest BCUT2D eigenvalue weighted by Crippen LogP contribution is -2.27. The summed E-state index contributed by atoms with van der Waals surface area (Å²) in [5.41, 5.74) is 0.257. The molecule has 8 nitrogen and oxygen atoms in total. The third-order valence-corrected chi connectivity index (χ3v) is 6.62. The zero-order chi connectivity index (χ0) is 17.8. The highest BCUT2D eigenvalue weighted by atomic mass is 32.2. The van der Waals surface area contributed by atoms with E-state index in [2.05, 4.69) is 10.0 Å². The second kappa shape index (κ2) is 7.40. The Bertz CT molecular complexity index is 922. The van der Waals surface area contributed by atoms with Crippen molar-refractivity contribution in [2.24, 2.45) is 5.14 Å². The van der Waals surface area contributed by atoms with Gasteiger partial charge in [-0.2, -0.15) is 0 Å². The molecule has 0 fully saturated rings. The number of carbonyl (C=O) groups excluding carboxylic acids is 1. The molecule has 0 saturated heterocycles. The molecule has 130 valence electrons. The lowest BCUT2D eigenvalue weighted by atomic mass is 10.3. The van der Waals surface area contributed by atoms with Crippen LogP contribution in [0.1, 0.15) is 6.42 Å². The molecular weight excluding hydrogens is 374 g/mol. The van der Waals surface area contributed by atoms with Gasteiger partial charge in [0.25, 0.3) is 0 Å². The SMILES string of the molecule is NS(=O)(=O)c1cccc(NC(=O)CCNS(=O)(=O)c2cccs2)c1. The Morgan fingerprint density at radius 1 is 1.12 bits per heavy atom. The molecule has 1 aromatic heterocycles. The zero-order valence-electron chi connectivity index (χ0n) is 12.3. The van der Waals surface area contributed by atoms with Crippen LogP contribution in [0.15, 0.2) is 50.9 Å². The minimum Gasteiger partial charge on any atom is -0.326 e. The van der Waals surface area contributed by atoms with Gasteiger partial charge in [-0.3, -0.25) is 4.79 Å². The molecule has 1 amide bonds. The van der Waals surface area contributed by atoms with E-state index in [0.29, 0.717) is 0 Å². The van der Waals surface area contributed by atoms with E-state index in [4.69, 9.17) is 5.14 Å². The number of benzene rings is 1. The standard InChI is InChI=1S/C13H15N3O5S3/c14-23(18,19)11-4-1-3-10(9-11)16-12(17)6-7-15-24(20,21)13-5-2-8-22-13/h1-5,8-9,15H,6-7H2,(H,16,17)(H2,14,18,19). The monoisotopic (exact) mass is 389 g/mol. The van der Waals surface area contributed by atoms with E-state index in [0.717, 1.165) is 11.3 Å². The summed E-state index contributed by atoms with van der Waals surface area (Å²) in [6, 6.07) is 8.55. The number of primary sulfonamides is 1. The predicted octanol–water partition coefficient (Wildman–Crippen LogP) is 0.703. The van der Waals surface area contributed by atoms with Gasteiger partial charge in [-0.1, -0.05) is 12.1 Å². The predicted molar refractivity (Wildman–Crippen MR) is 90.6 cm³/mol. The van der Waals surface area contributed by atoms with E-state index in [1.807, 2.05) is 0 Å². The molecule has 0 spiro atoms. The van der Waals surface area contributed by atoms with E-state index >= 15 is 0 Å². The molecule has 2 aromatic rings. The average molecular weight is 389 g/mol. The summed E-state index contributed by atoms with van der Waals surface area (Å²) in [7, 11) is -7.48. The van der Waals surface area contributed by atoms with Crippen molar-refractivity contribution >= 4 is 43.0 Å². The summed E-state index contributed by atoms with van der Waals surface area (Å²) in [5, 5.41) is 9.14. The number of hydrogen-bond donors (Lipinski definition) is 3. The van der Waals surface area contributed by atoms with Crippen molar-refractivity contribution in [1.29, 1.82) is 0 Å². The van der Waals surface area contributed by atoms with Crippen molar-refractivity contribution in [2.45, 2.75) is 15.5 Å². The van der Waals surface area contributed by atoms with Gasteiger partial charge in [0, 0.05) is 18.7 Å². The molecule has 11 heteroatoms. The molecule has 0 aliphatic carbocycles. The number of anilines is 1. The van der Waals surface area contributed by atoms with Crippen LogP contribution in [0.2, 0.25) is 0 Å². The zero-order valence-corrected chi connectivity index (χ0v) is 14.7. The van der Waals surface area contributed by atoms with Crippen LogP contribution in [-0.2, 0) is 24.8 Å². The largest absolute Gasteiger partial charge is 0.326 e. The Hall–Kier alpha value is -1.79. The average Bonchev–Trinajstić information content (AvgIpc) is 3.01. The van der Waals surface area contributed by atoms with E-state index in [-0.39, 0.29) is 27.8 Å². The van der Waals surface area contributed by atoms with Gasteiger partial charge in [0.05, 0.1) is 4.90 Å². The quantitative estimate of drug-likeness (QED) is 0.640. The minimum absolute atomic E-state index is 0.0824. The summed E-state index contributed by atoms with van der Waals surface area (Å²) in [6.45, 7) is -0.0824. The van der Waals surface area contributed by atoms with Crippen LogP contribution in [0.4, 0.5) is 5.69 Å². The number of nitrogens with two attached hydrogens (primary N) is 1. The second-order valence-corrected chi connectivity index (χ2v) is 9.20. The molecule has 0 unspecified atom stereocenters. The number of nitrogens with one attached hydrogen (secondary N) is 2. The fraction of sp³-hybridized carbons (Fsp3) is 0.154. The van der Waals surface area contributed by atoms with Crippen LogP contribution in [0, 0.1) is 0 Å². The van der Waals surface area contributed by atoms with Gasteiger partial charge < -0.3 is 5.32 Å². The normalized spacial score (nSPS) is 12.0. The molecule has 0 saturated carbocycles. The van der Waals surface area contributed by atoms with Gasteiger partial charge in [-0.15, -0.1) is 11.3 Å². The summed E-state index contributed by atoms with van der Waals surface area (Å²) < 4.78 is 48.8. The van der Waals surface area contributed by atoms with Crippen LogP contribution in [-0.4, -0.2) is 29.3 Å². The second-order valence-electron chi connectivity index (χ2n) is 4.70. The highest BCUT2D eigenvalue weighted by molar-refractivity contribution is 7.91. The molecule has 0 atom stereocenters. The fourth-order valence-corrected chi connectivity index (χ4v) is 4.39. The molecule has 4 N–H and O–H groups in total. The van der Waals surface area contributed by atoms with E-state index in [1.54, 1.807) is 11.4 Å². The number of hydrogen-bond acceptors (Lipinski definition) is 6. The molecule has 0 radical (unpaired) electrons. The molecule has 24 heavy (non-hydrogen) atoms. The number of amides is 1. The van der Waals surface area contributed by atoms with E-state index in [9.17, 15) is 21.6 Å². The third-order valence-electron chi connectivity index (χ3n) is 2.85. The molecule has 1 heterocycles. The van der Waals surface area contributed by atoms with Gasteiger partial charge >= 0.3 is 0 Å². The van der Waals surface area contributed by atoms with Crippen molar-refractivity contribution in [1.82, 2.24) is 4.72 Å². The van der Waals surface area contributed by atoms with Gasteiger partial charge in [0.15, 0.2) is 0 Å². The number of thiophene rings is 1. The first-order valence-electron chi connectivity index (χ1n) is 6.64. The Kier molecular flexibility index (Phi) is 5.72. The molecule has 2 rings (SSSR count). The van der Waals surface area contributed by atoms with Crippen LogP contribution < -0.4 is 15.2 Å². The third kappa shape index (κ3) is 5.11. The smallest absolute Gasteiger partial charge is 0.250 e. The van der Waals surface area contributed by atoms with Crippen LogP contribution in [0.5, 0.6) is 0 Å². The topological polar surface area (TPSA) is 135 Å². The first kappa shape index (κ1) is 18.5. The van der Waals surface area contributed by atoms with E-state index < -0.39 is 26.0 Å². The highest BCUT2D eigenvalue weighted by Crippen LogP contribution is 2.16. The number of rotatable bonds is 7. The molecule has 0 bridgehead atoms. The Morgan fingerprint density at radius 3 is 2.50 bits per heavy atom. The Balaban J connectivity index is 1.90. The molecule has 0 aliphatic rings. The molecular formula is C13H15N3O5S3. The maximum Gasteiger partial charge on any atom is 0.250 e. The lowest BCUT2D eigenvalue weighted by Gasteiger charge is -2.07. The van der Waals surface area contributed by atoms with Crippen molar-refractivity contribution in [3.05, 3.63) is 41.8 Å². The van der Waals surface area contributed by atoms with Gasteiger partial charge in [-0.05, 0) is 29.6 Å². The van der Waals surface area contributed by atoms with Crippen molar-refractivity contribution in [3.63, 3.8) is 0 Å². The summed E-state index contributed by atoms with van der Waals surface area (Å²) in [5.74, 6) is -0.463. The maximum atomic E-state index is 11.9. The summed E-state index contributed by atoms with van der Waals surface area (Å²) in [6.07, 6.45) is -0.107. The van der Waals surface area contributed by atoms with Gasteiger partial charge in [-0.25, -0.2) is 26.7 Å². The number of sulfonamides is 2. The Labute approximate surface area is 143 Å². The van der Waals surface area contributed by atoms with Crippen LogP contribution >= 0.6 is 11.3 Å². The van der Waals surface area contributed by atoms with Crippen molar-refractivity contribution in [2.75, 3.05) is 11.9 Å². The maximum absolute atomic E-state index is 11.9. The lowest BCUT2D eigenvalue weighted by molar-refractivity contribution is -0.116. The Morgan fingerprint density at radius 2 is 1.88 bits per heavy atom. The summed E-state index contributed by atoms with van der Waals surface area (Å²) in [4.78, 5) is 11.7. The fourth-order valence-electron chi connectivity index (χ4n) is 1.76. The number of carbonyl (C=O) groups is 1. The minimum atomic E-state index is -3.86. The molecule has 0 aliphatic heterocycles. The van der Waals surface area contributed by atoms with Gasteiger partial charge in [0.1, 0.15) is 4.21 Å². The van der Waals surface area contributed by atoms with E-state index in [1.165, 1.54) is 30.3 Å². The van der Waals surface area contributed by atoms with Gasteiger partial charge in [0.2, 0.25) is 26.0 Å². The van der Waals surface area contributed by atoms with Crippen molar-refractivity contribution in [3.8, 4) is 0 Å². The first-order chi connectivity index (χ1) is 11.2. The van der Waals surface area contributed by atoms with Crippen molar-refractivity contribution < 1.29 is 21.6 Å². The van der Waals surface area contributed by atoms with Crippen LogP contribution in [0.25, 0.3) is 0 Å². The molecule has 1 aromatic carbocycles. The van der Waals surface area contributed by atoms with Crippen LogP contribution in [0.3, 0.4) is 0 Å². The highest BCUT2D eigenvalue weighted by Gasteiger charge is 2.15. The summed E-state index contributed by atoms with van der Waals surface area (Å²) >= 11 is 1.08.